The maximum absolute atomic E-state index is 11.9. The largest absolute Gasteiger partial charge is 0.465 e. The molecule has 2 N–H and O–H groups in total. The first-order valence-electron chi connectivity index (χ1n) is 7.29. The Morgan fingerprint density at radius 2 is 1.96 bits per heavy atom. The average molecular weight is 375 g/mol. The number of benzene rings is 1. The number of hydrogen-bond acceptors (Lipinski definition) is 3. The Balaban J connectivity index is 3.39. The molecule has 24 heavy (non-hydrogen) atoms. The molecule has 1 rings (SSSR count). The van der Waals surface area contributed by atoms with Gasteiger partial charge in [-0.2, -0.15) is 0 Å². The number of carbonyl (C=O) groups is 3. The monoisotopic (exact) mass is 374 g/mol. The Hall–Kier alpha value is -1.79. The maximum atomic E-state index is 11.9. The van der Waals surface area contributed by atoms with E-state index in [1.807, 2.05) is 0 Å². The minimum absolute atomic E-state index is 0.0660. The molecule has 6 nitrogen and oxygen atoms in total. The molecule has 0 radical (unpaired) electrons. The fourth-order valence-electron chi connectivity index (χ4n) is 2.29. The van der Waals surface area contributed by atoms with Crippen molar-refractivity contribution in [1.82, 2.24) is 10.2 Å². The van der Waals surface area contributed by atoms with E-state index in [4.69, 9.17) is 23.2 Å². The number of aldehydes is 1. The average Bonchev–Trinajstić information content (AvgIpc) is 2.52. The van der Waals surface area contributed by atoms with Gasteiger partial charge in [-0.15, -0.1) is 0 Å². The van der Waals surface area contributed by atoms with Crippen LogP contribution in [0.3, 0.4) is 0 Å². The third-order valence-corrected chi connectivity index (χ3v) is 4.63. The molecule has 1 aromatic carbocycles. The molecule has 0 spiro atoms. The van der Waals surface area contributed by atoms with Gasteiger partial charge in [0.15, 0.2) is 0 Å². The van der Waals surface area contributed by atoms with Crippen LogP contribution in [-0.2, 0) is 15.1 Å². The molecule has 1 aromatic rings. The molecule has 8 heteroatoms. The standard InChI is InChI=1S/C16H20Cl2N2O4/c1-10(2)14(22)19-9-16(6-7-21,20(3)15(23)24)11-4-5-12(17)13(18)8-11/h4-5,7-8,10H,6,9H2,1-3H3,(H,19,22)(H,23,24). The molecule has 0 saturated heterocycles. The zero-order chi connectivity index (χ0) is 18.5. The van der Waals surface area contributed by atoms with E-state index in [0.717, 1.165) is 4.90 Å². The molecule has 0 bridgehead atoms. The molecule has 0 fully saturated rings. The van der Waals surface area contributed by atoms with Crippen LogP contribution in [0.4, 0.5) is 4.79 Å². The summed E-state index contributed by atoms with van der Waals surface area (Å²) in [7, 11) is 1.34. The van der Waals surface area contributed by atoms with Crippen LogP contribution in [0.25, 0.3) is 0 Å². The second kappa shape index (κ2) is 8.35. The molecular weight excluding hydrogens is 355 g/mol. The summed E-state index contributed by atoms with van der Waals surface area (Å²) in [4.78, 5) is 35.8. The van der Waals surface area contributed by atoms with Crippen LogP contribution in [0.1, 0.15) is 25.8 Å². The minimum atomic E-state index is -1.29. The van der Waals surface area contributed by atoms with E-state index >= 15 is 0 Å². The highest BCUT2D eigenvalue weighted by molar-refractivity contribution is 6.42. The van der Waals surface area contributed by atoms with Gasteiger partial charge >= 0.3 is 6.09 Å². The lowest BCUT2D eigenvalue weighted by molar-refractivity contribution is -0.125. The lowest BCUT2D eigenvalue weighted by Crippen LogP contribution is -2.54. The molecule has 0 aliphatic rings. The van der Waals surface area contributed by atoms with Gasteiger partial charge in [-0.25, -0.2) is 4.79 Å². The van der Waals surface area contributed by atoms with Crippen molar-refractivity contribution < 1.29 is 19.5 Å². The number of amides is 2. The topological polar surface area (TPSA) is 86.7 Å². The first kappa shape index (κ1) is 20.3. The van der Waals surface area contributed by atoms with Crippen LogP contribution < -0.4 is 5.32 Å². The highest BCUT2D eigenvalue weighted by Gasteiger charge is 2.40. The minimum Gasteiger partial charge on any atom is -0.465 e. The van der Waals surface area contributed by atoms with Gasteiger partial charge in [0.25, 0.3) is 0 Å². The zero-order valence-corrected chi connectivity index (χ0v) is 15.2. The van der Waals surface area contributed by atoms with Gasteiger partial charge in [0.1, 0.15) is 6.29 Å². The highest BCUT2D eigenvalue weighted by Crippen LogP contribution is 2.34. The van der Waals surface area contributed by atoms with Gasteiger partial charge in [-0.3, -0.25) is 9.69 Å². The van der Waals surface area contributed by atoms with Crippen molar-refractivity contribution in [2.24, 2.45) is 5.92 Å². The molecular formula is C16H20Cl2N2O4. The van der Waals surface area contributed by atoms with Crippen LogP contribution in [0, 0.1) is 5.92 Å². The van der Waals surface area contributed by atoms with Gasteiger partial charge in [-0.1, -0.05) is 43.1 Å². The smallest absolute Gasteiger partial charge is 0.407 e. The van der Waals surface area contributed by atoms with E-state index in [9.17, 15) is 19.5 Å². The molecule has 0 aliphatic heterocycles. The number of carboxylic acid groups (broad SMARTS) is 1. The molecule has 0 saturated carbocycles. The van der Waals surface area contributed by atoms with E-state index in [1.54, 1.807) is 19.9 Å². The van der Waals surface area contributed by atoms with Crippen LogP contribution in [-0.4, -0.2) is 41.9 Å². The number of nitrogens with one attached hydrogen (secondary N) is 1. The van der Waals surface area contributed by atoms with Gasteiger partial charge in [0.05, 0.1) is 15.6 Å². The van der Waals surface area contributed by atoms with Crippen LogP contribution in [0.5, 0.6) is 0 Å². The fourth-order valence-corrected chi connectivity index (χ4v) is 2.58. The molecule has 2 amide bonds. The summed E-state index contributed by atoms with van der Waals surface area (Å²) in [5.41, 5.74) is -0.815. The molecule has 1 atom stereocenters. The number of halogens is 2. The summed E-state index contributed by atoms with van der Waals surface area (Å²) in [6.07, 6.45) is -0.767. The molecule has 0 aliphatic carbocycles. The van der Waals surface area contributed by atoms with E-state index in [1.165, 1.54) is 19.2 Å². The van der Waals surface area contributed by atoms with Gasteiger partial charge in [0.2, 0.25) is 5.91 Å². The van der Waals surface area contributed by atoms with Crippen molar-refractivity contribution >= 4 is 41.5 Å². The Bertz CT molecular complexity index is 637. The van der Waals surface area contributed by atoms with Gasteiger partial charge in [0, 0.05) is 25.9 Å². The van der Waals surface area contributed by atoms with Crippen molar-refractivity contribution in [3.8, 4) is 0 Å². The second-order valence-corrected chi connectivity index (χ2v) is 6.56. The van der Waals surface area contributed by atoms with E-state index in [2.05, 4.69) is 5.32 Å². The molecule has 0 heterocycles. The van der Waals surface area contributed by atoms with Gasteiger partial charge < -0.3 is 15.2 Å². The highest BCUT2D eigenvalue weighted by atomic mass is 35.5. The number of rotatable bonds is 7. The quantitative estimate of drug-likeness (QED) is 0.717. The van der Waals surface area contributed by atoms with E-state index in [-0.39, 0.29) is 29.8 Å². The number of nitrogens with zero attached hydrogens (tertiary/aromatic N) is 1. The Kier molecular flexibility index (Phi) is 7.05. The van der Waals surface area contributed by atoms with Gasteiger partial charge in [-0.05, 0) is 17.7 Å². The summed E-state index contributed by atoms with van der Waals surface area (Å²) in [6, 6.07) is 4.63. The predicted octanol–water partition coefficient (Wildman–Crippen LogP) is 3.16. The maximum Gasteiger partial charge on any atom is 0.407 e. The first-order valence-corrected chi connectivity index (χ1v) is 8.05. The normalized spacial score (nSPS) is 13.2. The van der Waals surface area contributed by atoms with Crippen LogP contribution in [0.15, 0.2) is 18.2 Å². The van der Waals surface area contributed by atoms with Crippen LogP contribution >= 0.6 is 23.2 Å². The summed E-state index contributed by atoms with van der Waals surface area (Å²) < 4.78 is 0. The summed E-state index contributed by atoms with van der Waals surface area (Å²) in [6.45, 7) is 3.37. The molecule has 132 valence electrons. The predicted molar refractivity (Wildman–Crippen MR) is 92.5 cm³/mol. The molecule has 1 unspecified atom stereocenters. The first-order chi connectivity index (χ1) is 11.2. The third-order valence-electron chi connectivity index (χ3n) is 3.89. The fraction of sp³-hybridized carbons (Fsp3) is 0.438. The lowest BCUT2D eigenvalue weighted by Gasteiger charge is -2.40. The van der Waals surface area contributed by atoms with E-state index < -0.39 is 11.6 Å². The van der Waals surface area contributed by atoms with Crippen molar-refractivity contribution in [3.05, 3.63) is 33.8 Å². The zero-order valence-electron chi connectivity index (χ0n) is 13.7. The van der Waals surface area contributed by atoms with Crippen molar-refractivity contribution in [3.63, 3.8) is 0 Å². The third kappa shape index (κ3) is 4.39. The lowest BCUT2D eigenvalue weighted by atomic mass is 9.85. The second-order valence-electron chi connectivity index (χ2n) is 5.75. The number of carbonyl (C=O) groups excluding carboxylic acids is 2. The number of likely N-dealkylation sites (N-methyl/N-ethyl adjacent to an activating group) is 1. The van der Waals surface area contributed by atoms with Crippen molar-refractivity contribution in [1.29, 1.82) is 0 Å². The SMILES string of the molecule is CC(C)C(=O)NCC(CC=O)(c1ccc(Cl)c(Cl)c1)N(C)C(=O)O. The number of hydrogen-bond donors (Lipinski definition) is 2. The van der Waals surface area contributed by atoms with E-state index in [0.29, 0.717) is 16.9 Å². The van der Waals surface area contributed by atoms with Crippen molar-refractivity contribution in [2.45, 2.75) is 25.8 Å². The Morgan fingerprint density at radius 1 is 1.33 bits per heavy atom. The summed E-state index contributed by atoms with van der Waals surface area (Å²) in [5.74, 6) is -0.521. The molecule has 0 aromatic heterocycles. The summed E-state index contributed by atoms with van der Waals surface area (Å²) >= 11 is 12.0. The Labute approximate surface area is 150 Å². The summed E-state index contributed by atoms with van der Waals surface area (Å²) in [5, 5.41) is 12.7. The van der Waals surface area contributed by atoms with Crippen molar-refractivity contribution in [2.75, 3.05) is 13.6 Å². The van der Waals surface area contributed by atoms with Crippen LogP contribution in [0.2, 0.25) is 10.0 Å². The Morgan fingerprint density at radius 3 is 2.42 bits per heavy atom.